The van der Waals surface area contributed by atoms with Crippen LogP contribution in [0.1, 0.15) is 44.1 Å². The second-order valence-corrected chi connectivity index (χ2v) is 6.19. The van der Waals surface area contributed by atoms with E-state index in [1.165, 1.54) is 12.0 Å². The monoisotopic (exact) mass is 272 g/mol. The highest BCUT2D eigenvalue weighted by atomic mass is 16.2. The van der Waals surface area contributed by atoms with Crippen LogP contribution in [0, 0.1) is 5.92 Å². The summed E-state index contributed by atoms with van der Waals surface area (Å²) >= 11 is 0. The van der Waals surface area contributed by atoms with Crippen LogP contribution in [0.5, 0.6) is 0 Å². The van der Waals surface area contributed by atoms with Crippen LogP contribution in [0.4, 0.5) is 5.69 Å². The highest BCUT2D eigenvalue weighted by molar-refractivity contribution is 5.94. The zero-order valence-electron chi connectivity index (χ0n) is 12.3. The van der Waals surface area contributed by atoms with Gasteiger partial charge in [-0.15, -0.1) is 0 Å². The second kappa shape index (κ2) is 5.96. The Hall–Kier alpha value is -1.35. The number of para-hydroxylation sites is 1. The van der Waals surface area contributed by atoms with E-state index in [0.29, 0.717) is 24.2 Å². The van der Waals surface area contributed by atoms with Gasteiger partial charge in [0, 0.05) is 18.7 Å². The topological polar surface area (TPSA) is 32.3 Å². The standard InChI is InChI=1S/C17H24N2O/c1-13-9-11-19(16-5-3-2-4-15(13)16)17(20)7-6-14-8-10-18-12-14/h2-5,13-14,18H,6-12H2,1H3. The zero-order chi connectivity index (χ0) is 13.9. The SMILES string of the molecule is CC1CCN(C(=O)CCC2CCNC2)c2ccccc21. The second-order valence-electron chi connectivity index (χ2n) is 6.19. The minimum Gasteiger partial charge on any atom is -0.316 e. The van der Waals surface area contributed by atoms with E-state index >= 15 is 0 Å². The van der Waals surface area contributed by atoms with Crippen molar-refractivity contribution < 1.29 is 4.79 Å². The van der Waals surface area contributed by atoms with Crippen molar-refractivity contribution in [3.05, 3.63) is 29.8 Å². The van der Waals surface area contributed by atoms with Crippen molar-refractivity contribution in [1.29, 1.82) is 0 Å². The first-order chi connectivity index (χ1) is 9.75. The molecule has 108 valence electrons. The summed E-state index contributed by atoms with van der Waals surface area (Å²) in [5.41, 5.74) is 2.47. The first-order valence-electron chi connectivity index (χ1n) is 7.85. The molecule has 2 aliphatic rings. The maximum atomic E-state index is 12.5. The molecule has 1 fully saturated rings. The van der Waals surface area contributed by atoms with E-state index in [0.717, 1.165) is 38.2 Å². The Labute approximate surface area is 121 Å². The van der Waals surface area contributed by atoms with Crippen LogP contribution in [0.3, 0.4) is 0 Å². The fraction of sp³-hybridized carbons (Fsp3) is 0.588. The first kappa shape index (κ1) is 13.6. The Morgan fingerprint density at radius 2 is 2.20 bits per heavy atom. The summed E-state index contributed by atoms with van der Waals surface area (Å²) in [5, 5.41) is 3.37. The number of benzene rings is 1. The number of nitrogens with one attached hydrogen (secondary N) is 1. The smallest absolute Gasteiger partial charge is 0.226 e. The van der Waals surface area contributed by atoms with Crippen LogP contribution in [0.15, 0.2) is 24.3 Å². The van der Waals surface area contributed by atoms with Gasteiger partial charge in [-0.1, -0.05) is 25.1 Å². The molecule has 2 aliphatic heterocycles. The van der Waals surface area contributed by atoms with Gasteiger partial charge in [-0.25, -0.2) is 0 Å². The number of carbonyl (C=O) groups is 1. The van der Waals surface area contributed by atoms with E-state index in [-0.39, 0.29) is 0 Å². The number of carbonyl (C=O) groups excluding carboxylic acids is 1. The third-order valence-corrected chi connectivity index (χ3v) is 4.77. The summed E-state index contributed by atoms with van der Waals surface area (Å²) in [5.74, 6) is 1.56. The summed E-state index contributed by atoms with van der Waals surface area (Å²) < 4.78 is 0. The number of nitrogens with zero attached hydrogens (tertiary/aromatic N) is 1. The molecule has 3 rings (SSSR count). The largest absolute Gasteiger partial charge is 0.316 e. The minimum atomic E-state index is 0.302. The number of hydrogen-bond donors (Lipinski definition) is 1. The summed E-state index contributed by atoms with van der Waals surface area (Å²) in [7, 11) is 0. The van der Waals surface area contributed by atoms with Crippen LogP contribution in [0.25, 0.3) is 0 Å². The third kappa shape index (κ3) is 2.73. The van der Waals surface area contributed by atoms with Gasteiger partial charge in [0.2, 0.25) is 5.91 Å². The molecule has 0 radical (unpaired) electrons. The molecule has 1 N–H and O–H groups in total. The Bertz CT molecular complexity index is 480. The number of hydrogen-bond acceptors (Lipinski definition) is 2. The summed E-state index contributed by atoms with van der Waals surface area (Å²) in [6.45, 7) is 5.33. The van der Waals surface area contributed by atoms with Crippen molar-refractivity contribution >= 4 is 11.6 Å². The molecule has 20 heavy (non-hydrogen) atoms. The van der Waals surface area contributed by atoms with Crippen LogP contribution >= 0.6 is 0 Å². The fourth-order valence-corrected chi connectivity index (χ4v) is 3.43. The Kier molecular flexibility index (Phi) is 4.06. The highest BCUT2D eigenvalue weighted by Crippen LogP contribution is 2.35. The van der Waals surface area contributed by atoms with Crippen LogP contribution in [0.2, 0.25) is 0 Å². The van der Waals surface area contributed by atoms with Crippen molar-refractivity contribution in [2.45, 2.75) is 38.5 Å². The first-order valence-corrected chi connectivity index (χ1v) is 7.85. The van der Waals surface area contributed by atoms with Gasteiger partial charge in [0.05, 0.1) is 0 Å². The van der Waals surface area contributed by atoms with Gasteiger partial charge in [0.15, 0.2) is 0 Å². The molecular weight excluding hydrogens is 248 g/mol. The van der Waals surface area contributed by atoms with Crippen LogP contribution in [-0.4, -0.2) is 25.5 Å². The molecule has 0 bridgehead atoms. The predicted molar refractivity (Wildman–Crippen MR) is 82.0 cm³/mol. The molecule has 3 heteroatoms. The van der Waals surface area contributed by atoms with E-state index in [4.69, 9.17) is 0 Å². The maximum absolute atomic E-state index is 12.5. The number of rotatable bonds is 3. The van der Waals surface area contributed by atoms with Gasteiger partial charge in [0.1, 0.15) is 0 Å². The third-order valence-electron chi connectivity index (χ3n) is 4.77. The zero-order valence-corrected chi connectivity index (χ0v) is 12.3. The molecule has 2 atom stereocenters. The summed E-state index contributed by atoms with van der Waals surface area (Å²) in [4.78, 5) is 14.5. The average Bonchev–Trinajstić information content (AvgIpc) is 2.99. The maximum Gasteiger partial charge on any atom is 0.226 e. The molecule has 0 aliphatic carbocycles. The summed E-state index contributed by atoms with van der Waals surface area (Å²) in [6, 6.07) is 8.38. The van der Waals surface area contributed by atoms with Crippen molar-refractivity contribution in [3.63, 3.8) is 0 Å². The normalized spacial score (nSPS) is 25.6. The van der Waals surface area contributed by atoms with E-state index in [1.807, 2.05) is 11.0 Å². The molecule has 3 nitrogen and oxygen atoms in total. The molecule has 0 saturated carbocycles. The fourth-order valence-electron chi connectivity index (χ4n) is 3.43. The van der Waals surface area contributed by atoms with Crippen LogP contribution < -0.4 is 10.2 Å². The van der Waals surface area contributed by atoms with Crippen molar-refractivity contribution in [3.8, 4) is 0 Å². The number of fused-ring (bicyclic) bond motifs is 1. The minimum absolute atomic E-state index is 0.302. The lowest BCUT2D eigenvalue weighted by atomic mass is 9.91. The Morgan fingerprint density at radius 1 is 1.35 bits per heavy atom. The van der Waals surface area contributed by atoms with Gasteiger partial charge in [0.25, 0.3) is 0 Å². The Balaban J connectivity index is 1.67. The molecule has 2 heterocycles. The highest BCUT2D eigenvalue weighted by Gasteiger charge is 2.26. The average molecular weight is 272 g/mol. The van der Waals surface area contributed by atoms with E-state index < -0.39 is 0 Å². The van der Waals surface area contributed by atoms with Crippen LogP contribution in [-0.2, 0) is 4.79 Å². The number of anilines is 1. The van der Waals surface area contributed by atoms with Crippen molar-refractivity contribution in [2.75, 3.05) is 24.5 Å². The predicted octanol–water partition coefficient (Wildman–Crippen LogP) is 2.92. The Morgan fingerprint density at radius 3 is 3.00 bits per heavy atom. The van der Waals surface area contributed by atoms with E-state index in [9.17, 15) is 4.79 Å². The van der Waals surface area contributed by atoms with Gasteiger partial charge < -0.3 is 10.2 Å². The van der Waals surface area contributed by atoms with Gasteiger partial charge in [-0.2, -0.15) is 0 Å². The molecule has 1 aromatic rings. The quantitative estimate of drug-likeness (QED) is 0.917. The lowest BCUT2D eigenvalue weighted by Crippen LogP contribution is -2.36. The number of amides is 1. The van der Waals surface area contributed by atoms with E-state index in [2.05, 4.69) is 30.4 Å². The van der Waals surface area contributed by atoms with E-state index in [1.54, 1.807) is 0 Å². The van der Waals surface area contributed by atoms with Crippen molar-refractivity contribution in [2.24, 2.45) is 5.92 Å². The van der Waals surface area contributed by atoms with Gasteiger partial charge in [-0.3, -0.25) is 4.79 Å². The summed E-state index contributed by atoms with van der Waals surface area (Å²) in [6.07, 6.45) is 4.02. The molecule has 1 amide bonds. The molecular formula is C17H24N2O. The lowest BCUT2D eigenvalue weighted by Gasteiger charge is -2.33. The molecule has 0 spiro atoms. The van der Waals surface area contributed by atoms with Gasteiger partial charge >= 0.3 is 0 Å². The molecule has 1 aromatic carbocycles. The van der Waals surface area contributed by atoms with Gasteiger partial charge in [-0.05, 0) is 55.8 Å². The lowest BCUT2D eigenvalue weighted by molar-refractivity contribution is -0.119. The van der Waals surface area contributed by atoms with Crippen molar-refractivity contribution in [1.82, 2.24) is 5.32 Å². The molecule has 1 saturated heterocycles. The molecule has 0 aromatic heterocycles. The molecule has 2 unspecified atom stereocenters.